The lowest BCUT2D eigenvalue weighted by atomic mass is 10.0. The van der Waals surface area contributed by atoms with E-state index in [1.165, 1.54) is 0 Å². The Morgan fingerprint density at radius 3 is 2.17 bits per heavy atom. The fourth-order valence-corrected chi connectivity index (χ4v) is 4.62. The Balaban J connectivity index is 4.84. The van der Waals surface area contributed by atoms with Crippen LogP contribution in [0, 0.1) is 0 Å². The molecule has 18 heavy (non-hydrogen) atoms. The van der Waals surface area contributed by atoms with Crippen LogP contribution in [0.5, 0.6) is 0 Å². The van der Waals surface area contributed by atoms with Gasteiger partial charge in [0.15, 0.2) is 0 Å². The molecule has 0 aliphatic carbocycles. The van der Waals surface area contributed by atoms with Crippen molar-refractivity contribution >= 4 is 39.0 Å². The van der Waals surface area contributed by atoms with Crippen LogP contribution in [0.25, 0.3) is 0 Å². The minimum absolute atomic E-state index is 0.0350. The van der Waals surface area contributed by atoms with Crippen molar-refractivity contribution in [3.63, 3.8) is 0 Å². The van der Waals surface area contributed by atoms with E-state index >= 15 is 0 Å². The molecular formula is C11H24N2O2S3. The number of sulfonamides is 1. The van der Waals surface area contributed by atoms with Gasteiger partial charge in [-0.1, -0.05) is 33.0 Å². The van der Waals surface area contributed by atoms with E-state index in [0.29, 0.717) is 13.0 Å². The van der Waals surface area contributed by atoms with Crippen LogP contribution in [0.3, 0.4) is 0 Å². The van der Waals surface area contributed by atoms with Gasteiger partial charge in [0.1, 0.15) is 5.25 Å². The maximum atomic E-state index is 12.1. The Bertz CT molecular complexity index is 356. The summed E-state index contributed by atoms with van der Waals surface area (Å²) in [5.41, 5.74) is 5.48. The molecule has 0 fully saturated rings. The minimum atomic E-state index is -3.46. The highest BCUT2D eigenvalue weighted by Crippen LogP contribution is 2.29. The maximum Gasteiger partial charge on any atom is 0.221 e. The Morgan fingerprint density at radius 1 is 1.39 bits per heavy atom. The molecule has 0 heterocycles. The average molecular weight is 313 g/mol. The molecule has 0 radical (unpaired) electrons. The number of nitrogens with two attached hydrogens (primary N) is 1. The molecule has 0 aromatic rings. The van der Waals surface area contributed by atoms with Crippen LogP contribution in [-0.2, 0) is 10.0 Å². The lowest BCUT2D eigenvalue weighted by molar-refractivity contribution is 0.519. The number of nitrogens with one attached hydrogen (secondary N) is 1. The maximum absolute atomic E-state index is 12.1. The van der Waals surface area contributed by atoms with Crippen LogP contribution < -0.4 is 10.5 Å². The summed E-state index contributed by atoms with van der Waals surface area (Å²) in [4.78, 5) is 0.0350. The molecule has 1 atom stereocenters. The van der Waals surface area contributed by atoms with Crippen molar-refractivity contribution in [3.8, 4) is 0 Å². The van der Waals surface area contributed by atoms with Gasteiger partial charge in [-0.05, 0) is 25.5 Å². The molecule has 4 nitrogen and oxygen atoms in total. The fraction of sp³-hybridized carbons (Fsp3) is 0.909. The van der Waals surface area contributed by atoms with E-state index in [1.807, 2.05) is 6.26 Å². The predicted octanol–water partition coefficient (Wildman–Crippen LogP) is 1.89. The van der Waals surface area contributed by atoms with Crippen molar-refractivity contribution in [1.29, 1.82) is 0 Å². The Morgan fingerprint density at radius 2 is 1.89 bits per heavy atom. The summed E-state index contributed by atoms with van der Waals surface area (Å²) < 4.78 is 26.8. The molecule has 0 rings (SSSR count). The standard InChI is InChI=1S/C11H24N2O2S3/c1-5-9(10(12)16)18(14,15)13-8-11(6-2,7-3)17-4/h9,13H,5-8H2,1-4H3,(H2,12,16). The zero-order valence-electron chi connectivity index (χ0n) is 11.5. The summed E-state index contributed by atoms with van der Waals surface area (Å²) in [6, 6.07) is 0. The smallest absolute Gasteiger partial charge is 0.221 e. The van der Waals surface area contributed by atoms with Crippen molar-refractivity contribution in [2.45, 2.75) is 50.0 Å². The molecule has 0 aliphatic heterocycles. The fourth-order valence-electron chi connectivity index (χ4n) is 1.77. The normalized spacial score (nSPS) is 14.4. The molecule has 0 saturated carbocycles. The zero-order chi connectivity index (χ0) is 14.4. The van der Waals surface area contributed by atoms with Crippen LogP contribution in [-0.4, -0.2) is 36.2 Å². The Hall–Kier alpha value is 0.150. The summed E-state index contributed by atoms with van der Waals surface area (Å²) in [7, 11) is -3.46. The van der Waals surface area contributed by atoms with Gasteiger partial charge in [-0.3, -0.25) is 0 Å². The van der Waals surface area contributed by atoms with Gasteiger partial charge < -0.3 is 5.73 Å². The van der Waals surface area contributed by atoms with E-state index in [4.69, 9.17) is 18.0 Å². The van der Waals surface area contributed by atoms with Crippen LogP contribution in [0.2, 0.25) is 0 Å². The third-order valence-corrected chi connectivity index (χ3v) is 7.28. The molecular weight excluding hydrogens is 288 g/mol. The summed E-state index contributed by atoms with van der Waals surface area (Å²) in [6.45, 7) is 6.32. The summed E-state index contributed by atoms with van der Waals surface area (Å²) in [5.74, 6) is 0. The molecule has 108 valence electrons. The second-order valence-electron chi connectivity index (χ2n) is 4.26. The predicted molar refractivity (Wildman–Crippen MR) is 84.6 cm³/mol. The lowest BCUT2D eigenvalue weighted by Gasteiger charge is -2.30. The molecule has 0 aromatic carbocycles. The highest BCUT2D eigenvalue weighted by Gasteiger charge is 2.31. The molecule has 0 aromatic heterocycles. The number of rotatable bonds is 9. The Kier molecular flexibility index (Phi) is 7.73. The SMILES string of the molecule is CCC(C(N)=S)S(=O)(=O)NCC(CC)(CC)SC. The van der Waals surface area contributed by atoms with E-state index in [9.17, 15) is 8.42 Å². The van der Waals surface area contributed by atoms with E-state index in [-0.39, 0.29) is 9.74 Å². The molecule has 0 saturated heterocycles. The molecule has 0 bridgehead atoms. The van der Waals surface area contributed by atoms with E-state index < -0.39 is 15.3 Å². The number of hydrogen-bond donors (Lipinski definition) is 2. The van der Waals surface area contributed by atoms with Gasteiger partial charge in [0, 0.05) is 11.3 Å². The van der Waals surface area contributed by atoms with Crippen molar-refractivity contribution in [2.24, 2.45) is 5.73 Å². The van der Waals surface area contributed by atoms with Crippen LogP contribution in [0.15, 0.2) is 0 Å². The quantitative estimate of drug-likeness (QED) is 0.636. The van der Waals surface area contributed by atoms with E-state index in [1.54, 1.807) is 18.7 Å². The lowest BCUT2D eigenvalue weighted by Crippen LogP contribution is -2.46. The summed E-state index contributed by atoms with van der Waals surface area (Å²) >= 11 is 6.51. The van der Waals surface area contributed by atoms with Crippen molar-refractivity contribution in [1.82, 2.24) is 4.72 Å². The van der Waals surface area contributed by atoms with Gasteiger partial charge in [0.2, 0.25) is 10.0 Å². The monoisotopic (exact) mass is 312 g/mol. The van der Waals surface area contributed by atoms with E-state index in [0.717, 1.165) is 12.8 Å². The first-order chi connectivity index (χ1) is 8.28. The molecule has 0 amide bonds. The second-order valence-corrected chi connectivity index (χ2v) is 7.95. The third kappa shape index (κ3) is 4.68. The van der Waals surface area contributed by atoms with Crippen LogP contribution >= 0.6 is 24.0 Å². The van der Waals surface area contributed by atoms with Gasteiger partial charge >= 0.3 is 0 Å². The van der Waals surface area contributed by atoms with Gasteiger partial charge in [-0.2, -0.15) is 11.8 Å². The minimum Gasteiger partial charge on any atom is -0.392 e. The third-order valence-electron chi connectivity index (χ3n) is 3.38. The first-order valence-electron chi connectivity index (χ1n) is 6.11. The summed E-state index contributed by atoms with van der Waals surface area (Å²) in [6.07, 6.45) is 4.23. The molecule has 7 heteroatoms. The zero-order valence-corrected chi connectivity index (χ0v) is 14.0. The highest BCUT2D eigenvalue weighted by molar-refractivity contribution is 8.00. The van der Waals surface area contributed by atoms with Crippen LogP contribution in [0.4, 0.5) is 0 Å². The highest BCUT2D eigenvalue weighted by atomic mass is 32.2. The Labute approximate surface area is 121 Å². The topological polar surface area (TPSA) is 72.2 Å². The molecule has 0 aliphatic rings. The van der Waals surface area contributed by atoms with Crippen LogP contribution in [0.1, 0.15) is 40.0 Å². The van der Waals surface area contributed by atoms with Gasteiger partial charge in [0.05, 0.1) is 4.99 Å². The molecule has 0 spiro atoms. The number of hydrogen-bond acceptors (Lipinski definition) is 4. The molecule has 3 N–H and O–H groups in total. The summed E-state index contributed by atoms with van der Waals surface area (Å²) in [5, 5.41) is -0.777. The van der Waals surface area contributed by atoms with Crippen molar-refractivity contribution < 1.29 is 8.42 Å². The largest absolute Gasteiger partial charge is 0.392 e. The van der Waals surface area contributed by atoms with Crippen molar-refractivity contribution in [3.05, 3.63) is 0 Å². The van der Waals surface area contributed by atoms with Gasteiger partial charge in [-0.15, -0.1) is 0 Å². The van der Waals surface area contributed by atoms with Gasteiger partial charge in [-0.25, -0.2) is 13.1 Å². The van der Waals surface area contributed by atoms with Crippen molar-refractivity contribution in [2.75, 3.05) is 12.8 Å². The molecule has 1 unspecified atom stereocenters. The number of thioether (sulfide) groups is 1. The first-order valence-corrected chi connectivity index (χ1v) is 9.29. The second kappa shape index (κ2) is 7.67. The van der Waals surface area contributed by atoms with Gasteiger partial charge in [0.25, 0.3) is 0 Å². The number of thiocarbonyl (C=S) groups is 1. The van der Waals surface area contributed by atoms with E-state index in [2.05, 4.69) is 18.6 Å². The first kappa shape index (κ1) is 18.1. The average Bonchev–Trinajstić information content (AvgIpc) is 2.31.